The van der Waals surface area contributed by atoms with Crippen LogP contribution in [0.2, 0.25) is 0 Å². The van der Waals surface area contributed by atoms with Crippen LogP contribution in [0.5, 0.6) is 11.5 Å². The van der Waals surface area contributed by atoms with Crippen molar-refractivity contribution in [2.45, 2.75) is 39.0 Å². The molecule has 0 bridgehead atoms. The van der Waals surface area contributed by atoms with E-state index in [0.29, 0.717) is 30.2 Å². The fourth-order valence-electron chi connectivity index (χ4n) is 3.41. The largest absolute Gasteiger partial charge is 0.497 e. The maximum absolute atomic E-state index is 13.2. The van der Waals surface area contributed by atoms with Crippen molar-refractivity contribution in [2.75, 3.05) is 34.4 Å². The fourth-order valence-corrected chi connectivity index (χ4v) is 3.41. The van der Waals surface area contributed by atoms with Crippen molar-refractivity contribution < 1.29 is 23.8 Å². The second-order valence-electron chi connectivity index (χ2n) is 7.13. The zero-order valence-electron chi connectivity index (χ0n) is 17.3. The van der Waals surface area contributed by atoms with Gasteiger partial charge in [-0.15, -0.1) is 0 Å². The molecule has 2 rings (SSSR count). The van der Waals surface area contributed by atoms with Gasteiger partial charge in [-0.1, -0.05) is 18.6 Å². The van der Waals surface area contributed by atoms with Gasteiger partial charge < -0.3 is 19.1 Å². The lowest BCUT2D eigenvalue weighted by Gasteiger charge is -2.26. The lowest BCUT2D eigenvalue weighted by atomic mass is 9.97. The molecule has 0 aromatic heterocycles. The number of hydrogen-bond donors (Lipinski definition) is 0. The molecule has 6 heteroatoms. The molecule has 1 amide bonds. The molecule has 0 aliphatic heterocycles. The van der Waals surface area contributed by atoms with E-state index in [1.165, 1.54) is 25.5 Å². The molecule has 0 saturated carbocycles. The monoisotopic (exact) mass is 389 g/mol. The summed E-state index contributed by atoms with van der Waals surface area (Å²) in [5.74, 6) is 0.237. The molecule has 0 heterocycles. The second-order valence-corrected chi connectivity index (χ2v) is 7.13. The highest BCUT2D eigenvalue weighted by molar-refractivity contribution is 5.95. The Labute approximate surface area is 167 Å². The van der Waals surface area contributed by atoms with Crippen molar-refractivity contribution in [3.05, 3.63) is 35.4 Å². The summed E-state index contributed by atoms with van der Waals surface area (Å²) in [5, 5.41) is 0. The minimum Gasteiger partial charge on any atom is -0.497 e. The van der Waals surface area contributed by atoms with Gasteiger partial charge in [0, 0.05) is 24.7 Å². The topological polar surface area (TPSA) is 65.1 Å². The Bertz CT molecular complexity index is 691. The van der Waals surface area contributed by atoms with Gasteiger partial charge in [0.1, 0.15) is 11.5 Å². The number of allylic oxidation sites excluding steroid dienone is 1. The average molecular weight is 389 g/mol. The van der Waals surface area contributed by atoms with Crippen LogP contribution in [0.25, 0.3) is 0 Å². The van der Waals surface area contributed by atoms with Crippen molar-refractivity contribution in [2.24, 2.45) is 5.92 Å². The van der Waals surface area contributed by atoms with Gasteiger partial charge in [-0.3, -0.25) is 9.59 Å². The molecule has 0 radical (unpaired) electrons. The number of benzene rings is 1. The lowest BCUT2D eigenvalue weighted by molar-refractivity contribution is -0.145. The standard InChI is InChI=1S/C22H31NO5/c1-16(22(25)28-4)15-23(11-10-17-8-6-5-7-9-17)21(24)18-12-19(26-2)14-20(13-18)27-3/h8,12-14,16H,5-7,9-11,15H2,1-4H3. The van der Waals surface area contributed by atoms with Gasteiger partial charge in [-0.25, -0.2) is 0 Å². The Balaban J connectivity index is 2.21. The second kappa shape index (κ2) is 10.7. The number of methoxy groups -OCH3 is 3. The van der Waals surface area contributed by atoms with Crippen LogP contribution in [0, 0.1) is 5.92 Å². The zero-order valence-corrected chi connectivity index (χ0v) is 17.3. The summed E-state index contributed by atoms with van der Waals surface area (Å²) in [6.45, 7) is 2.64. The number of amides is 1. The molecule has 0 fully saturated rings. The number of esters is 1. The van der Waals surface area contributed by atoms with E-state index in [2.05, 4.69) is 6.08 Å². The van der Waals surface area contributed by atoms with Crippen LogP contribution in [-0.2, 0) is 9.53 Å². The highest BCUT2D eigenvalue weighted by atomic mass is 16.5. The number of hydrogen-bond acceptors (Lipinski definition) is 5. The Morgan fingerprint density at radius 1 is 1.07 bits per heavy atom. The predicted molar refractivity (Wildman–Crippen MR) is 108 cm³/mol. The highest BCUT2D eigenvalue weighted by Crippen LogP contribution is 2.25. The van der Waals surface area contributed by atoms with Gasteiger partial charge in [0.25, 0.3) is 5.91 Å². The van der Waals surface area contributed by atoms with Crippen LogP contribution >= 0.6 is 0 Å². The molecule has 0 spiro atoms. The highest BCUT2D eigenvalue weighted by Gasteiger charge is 2.24. The zero-order chi connectivity index (χ0) is 20.5. The normalized spacial score (nSPS) is 14.6. The quantitative estimate of drug-likeness (QED) is 0.474. The summed E-state index contributed by atoms with van der Waals surface area (Å²) < 4.78 is 15.4. The molecular weight excluding hydrogens is 358 g/mol. The summed E-state index contributed by atoms with van der Waals surface area (Å²) in [5.41, 5.74) is 1.86. The van der Waals surface area contributed by atoms with Crippen LogP contribution in [0.15, 0.2) is 29.8 Å². The van der Waals surface area contributed by atoms with Crippen LogP contribution < -0.4 is 9.47 Å². The van der Waals surface area contributed by atoms with E-state index in [9.17, 15) is 9.59 Å². The number of rotatable bonds is 9. The summed E-state index contributed by atoms with van der Waals surface area (Å²) in [6, 6.07) is 5.12. The fraction of sp³-hybridized carbons (Fsp3) is 0.545. The molecule has 1 unspecified atom stereocenters. The molecule has 1 atom stereocenters. The first-order chi connectivity index (χ1) is 13.5. The molecule has 1 aromatic carbocycles. The SMILES string of the molecule is COC(=O)C(C)CN(CCC1=CCCCC1)C(=O)c1cc(OC)cc(OC)c1. The number of carbonyl (C=O) groups is 2. The molecular formula is C22H31NO5. The Hall–Kier alpha value is -2.50. The van der Waals surface area contributed by atoms with E-state index in [-0.39, 0.29) is 11.9 Å². The third-order valence-corrected chi connectivity index (χ3v) is 5.07. The van der Waals surface area contributed by atoms with Crippen molar-refractivity contribution in [1.29, 1.82) is 0 Å². The van der Waals surface area contributed by atoms with Gasteiger partial charge in [0.05, 0.1) is 27.2 Å². The van der Waals surface area contributed by atoms with Crippen molar-refractivity contribution in [1.82, 2.24) is 4.90 Å². The van der Waals surface area contributed by atoms with Gasteiger partial charge in [-0.2, -0.15) is 0 Å². The summed E-state index contributed by atoms with van der Waals surface area (Å²) in [6.07, 6.45) is 7.72. The molecule has 1 aromatic rings. The third-order valence-electron chi connectivity index (χ3n) is 5.07. The third kappa shape index (κ3) is 6.01. The summed E-state index contributed by atoms with van der Waals surface area (Å²) in [4.78, 5) is 26.9. The van der Waals surface area contributed by atoms with Crippen LogP contribution in [-0.4, -0.2) is 51.2 Å². The first-order valence-corrected chi connectivity index (χ1v) is 9.76. The van der Waals surface area contributed by atoms with Gasteiger partial charge >= 0.3 is 5.97 Å². The molecule has 0 N–H and O–H groups in total. The minimum absolute atomic E-state index is 0.149. The molecule has 0 saturated heterocycles. The number of carbonyl (C=O) groups excluding carboxylic acids is 2. The van der Waals surface area contributed by atoms with Crippen LogP contribution in [0.4, 0.5) is 0 Å². The van der Waals surface area contributed by atoms with E-state index >= 15 is 0 Å². The van der Waals surface area contributed by atoms with E-state index in [4.69, 9.17) is 14.2 Å². The van der Waals surface area contributed by atoms with Crippen molar-refractivity contribution >= 4 is 11.9 Å². The van der Waals surface area contributed by atoms with Crippen molar-refractivity contribution in [3.8, 4) is 11.5 Å². The van der Waals surface area contributed by atoms with Crippen LogP contribution in [0.3, 0.4) is 0 Å². The average Bonchev–Trinajstić information content (AvgIpc) is 2.75. The van der Waals surface area contributed by atoms with Gasteiger partial charge in [0.15, 0.2) is 0 Å². The molecule has 1 aliphatic rings. The van der Waals surface area contributed by atoms with E-state index in [0.717, 1.165) is 19.3 Å². The van der Waals surface area contributed by atoms with Crippen molar-refractivity contribution in [3.63, 3.8) is 0 Å². The first-order valence-electron chi connectivity index (χ1n) is 9.76. The van der Waals surface area contributed by atoms with Gasteiger partial charge in [0.2, 0.25) is 0 Å². The maximum atomic E-state index is 13.2. The Kier molecular flexibility index (Phi) is 8.36. The maximum Gasteiger partial charge on any atom is 0.310 e. The van der Waals surface area contributed by atoms with E-state index in [1.54, 1.807) is 44.2 Å². The predicted octanol–water partition coefficient (Wildman–Crippen LogP) is 3.85. The summed E-state index contributed by atoms with van der Waals surface area (Å²) in [7, 11) is 4.47. The summed E-state index contributed by atoms with van der Waals surface area (Å²) >= 11 is 0. The molecule has 28 heavy (non-hydrogen) atoms. The van der Waals surface area contributed by atoms with Crippen LogP contribution in [0.1, 0.15) is 49.4 Å². The Morgan fingerprint density at radius 2 is 1.75 bits per heavy atom. The lowest BCUT2D eigenvalue weighted by Crippen LogP contribution is -2.38. The van der Waals surface area contributed by atoms with E-state index < -0.39 is 5.92 Å². The number of nitrogens with zero attached hydrogens (tertiary/aromatic N) is 1. The minimum atomic E-state index is -0.401. The molecule has 1 aliphatic carbocycles. The molecule has 6 nitrogen and oxygen atoms in total. The van der Waals surface area contributed by atoms with E-state index in [1.807, 2.05) is 0 Å². The number of ether oxygens (including phenoxy) is 3. The smallest absolute Gasteiger partial charge is 0.310 e. The van der Waals surface area contributed by atoms with Gasteiger partial charge in [-0.05, 0) is 44.2 Å². The Morgan fingerprint density at radius 3 is 2.29 bits per heavy atom. The molecule has 154 valence electrons. The first kappa shape index (κ1) is 21.8.